The van der Waals surface area contributed by atoms with Crippen molar-refractivity contribution in [2.24, 2.45) is 4.99 Å². The molecule has 2 N–H and O–H groups in total. The molecule has 0 radical (unpaired) electrons. The molecule has 1 unspecified atom stereocenters. The first kappa shape index (κ1) is 19.3. The van der Waals surface area contributed by atoms with E-state index in [1.165, 1.54) is 0 Å². The summed E-state index contributed by atoms with van der Waals surface area (Å²) < 4.78 is 11.8. The summed E-state index contributed by atoms with van der Waals surface area (Å²) in [5, 5.41) is 7.55. The normalized spacial score (nSPS) is 13.8. The van der Waals surface area contributed by atoms with Crippen LogP contribution in [0.5, 0.6) is 0 Å². The second-order valence-corrected chi connectivity index (χ2v) is 8.92. The summed E-state index contributed by atoms with van der Waals surface area (Å²) in [5.74, 6) is 1.23. The Balaban J connectivity index is 2.45. The Morgan fingerprint density at radius 3 is 2.50 bits per heavy atom. The van der Waals surface area contributed by atoms with E-state index in [1.54, 1.807) is 19.2 Å². The third-order valence-corrected chi connectivity index (χ3v) is 5.48. The minimum absolute atomic E-state index is 0.199. The van der Waals surface area contributed by atoms with E-state index in [0.717, 1.165) is 5.56 Å². The maximum absolute atomic E-state index is 12.0. The van der Waals surface area contributed by atoms with E-state index in [1.807, 2.05) is 26.8 Å². The molecule has 0 aliphatic carbocycles. The van der Waals surface area contributed by atoms with Crippen molar-refractivity contribution >= 4 is 40.0 Å². The largest absolute Gasteiger partial charge is 0.355 e. The maximum Gasteiger partial charge on any atom is 0.191 e. The second-order valence-electron chi connectivity index (χ2n) is 5.75. The lowest BCUT2D eigenvalue weighted by Gasteiger charge is -2.18. The number of hydrogen-bond donors (Lipinski definition) is 2. The number of nitrogens with one attached hydrogen (secondary N) is 2. The van der Waals surface area contributed by atoms with Crippen LogP contribution in [-0.4, -0.2) is 34.3 Å². The third-order valence-electron chi connectivity index (χ3n) is 2.95. The molecule has 124 valence electrons. The molecule has 0 heterocycles. The third kappa shape index (κ3) is 6.55. The lowest BCUT2D eigenvalue weighted by atomic mass is 10.2. The van der Waals surface area contributed by atoms with Crippen LogP contribution in [0.15, 0.2) is 23.2 Å². The summed E-state index contributed by atoms with van der Waals surface area (Å²) in [7, 11) is 0.811. The Kier molecular flexibility index (Phi) is 7.66. The molecule has 22 heavy (non-hydrogen) atoms. The number of guanidine groups is 1. The zero-order valence-corrected chi connectivity index (χ0v) is 15.7. The van der Waals surface area contributed by atoms with Gasteiger partial charge in [0.05, 0.1) is 0 Å². The van der Waals surface area contributed by atoms with Gasteiger partial charge < -0.3 is 10.6 Å². The highest BCUT2D eigenvalue weighted by Gasteiger charge is 2.18. The Morgan fingerprint density at radius 2 is 1.95 bits per heavy atom. The molecule has 0 amide bonds. The van der Waals surface area contributed by atoms with Crippen LogP contribution in [0.4, 0.5) is 0 Å². The maximum atomic E-state index is 12.0. The zero-order valence-electron chi connectivity index (χ0n) is 13.4. The van der Waals surface area contributed by atoms with Crippen molar-refractivity contribution in [3.63, 3.8) is 0 Å². The van der Waals surface area contributed by atoms with E-state index in [-0.39, 0.29) is 4.75 Å². The van der Waals surface area contributed by atoms with E-state index in [9.17, 15) is 4.21 Å². The van der Waals surface area contributed by atoms with Gasteiger partial charge in [0.25, 0.3) is 0 Å². The molecule has 0 aliphatic rings. The summed E-state index contributed by atoms with van der Waals surface area (Å²) in [5.41, 5.74) is 0.937. The molecule has 7 heteroatoms. The first-order valence-electron chi connectivity index (χ1n) is 7.01. The van der Waals surface area contributed by atoms with Gasteiger partial charge in [-0.15, -0.1) is 0 Å². The highest BCUT2D eigenvalue weighted by molar-refractivity contribution is 7.86. The van der Waals surface area contributed by atoms with Crippen molar-refractivity contribution in [1.29, 1.82) is 0 Å². The molecule has 0 fully saturated rings. The number of aliphatic imine (C=N–C) groups is 1. The fourth-order valence-corrected chi connectivity index (χ4v) is 3.01. The lowest BCUT2D eigenvalue weighted by Crippen LogP contribution is -2.40. The van der Waals surface area contributed by atoms with Crippen LogP contribution >= 0.6 is 23.2 Å². The molecule has 0 aliphatic heterocycles. The van der Waals surface area contributed by atoms with Gasteiger partial charge in [0.15, 0.2) is 5.96 Å². The zero-order chi connectivity index (χ0) is 16.8. The van der Waals surface area contributed by atoms with Crippen LogP contribution in [0.1, 0.15) is 26.3 Å². The molecule has 4 nitrogen and oxygen atoms in total. The van der Waals surface area contributed by atoms with Gasteiger partial charge in [0.1, 0.15) is 0 Å². The van der Waals surface area contributed by atoms with Gasteiger partial charge in [0, 0.05) is 51.5 Å². The molecule has 0 aromatic heterocycles. The van der Waals surface area contributed by atoms with E-state index >= 15 is 0 Å². The number of rotatable bonds is 5. The van der Waals surface area contributed by atoms with Crippen LogP contribution in [0.25, 0.3) is 0 Å². The Morgan fingerprint density at radius 1 is 1.27 bits per heavy atom. The van der Waals surface area contributed by atoms with Crippen molar-refractivity contribution < 1.29 is 4.21 Å². The monoisotopic (exact) mass is 363 g/mol. The Labute approximate surface area is 145 Å². The fraction of sp³-hybridized carbons (Fsp3) is 0.533. The Hall–Kier alpha value is -0.780. The van der Waals surface area contributed by atoms with Gasteiger partial charge in [-0.1, -0.05) is 29.3 Å². The standard InChI is InChI=1S/C15H23Cl2N3OS/c1-15(2,3)22(21)8-7-19-14(18-4)20-10-11-5-6-12(16)9-13(11)17/h5-6,9H,7-8,10H2,1-4H3,(H2,18,19,20). The minimum Gasteiger partial charge on any atom is -0.355 e. The van der Waals surface area contributed by atoms with Crippen LogP contribution in [0.3, 0.4) is 0 Å². The van der Waals surface area contributed by atoms with Crippen molar-refractivity contribution in [2.45, 2.75) is 32.1 Å². The van der Waals surface area contributed by atoms with Crippen molar-refractivity contribution in [3.05, 3.63) is 33.8 Å². The molecule has 1 atom stereocenters. The fourth-order valence-electron chi connectivity index (χ4n) is 1.63. The van der Waals surface area contributed by atoms with Crippen molar-refractivity contribution in [2.75, 3.05) is 19.3 Å². The quantitative estimate of drug-likeness (QED) is 0.623. The predicted molar refractivity (Wildman–Crippen MR) is 97.4 cm³/mol. The molecule has 0 bridgehead atoms. The van der Waals surface area contributed by atoms with Crippen LogP contribution in [0, 0.1) is 0 Å². The highest BCUT2D eigenvalue weighted by Crippen LogP contribution is 2.20. The predicted octanol–water partition coefficient (Wildman–Crippen LogP) is 3.21. The highest BCUT2D eigenvalue weighted by atomic mass is 35.5. The van der Waals surface area contributed by atoms with E-state index in [0.29, 0.717) is 34.8 Å². The van der Waals surface area contributed by atoms with E-state index < -0.39 is 10.8 Å². The van der Waals surface area contributed by atoms with E-state index in [2.05, 4.69) is 15.6 Å². The summed E-state index contributed by atoms with van der Waals surface area (Å²) in [6.45, 7) is 7.05. The molecular weight excluding hydrogens is 341 g/mol. The summed E-state index contributed by atoms with van der Waals surface area (Å²) in [6.07, 6.45) is 0. The van der Waals surface area contributed by atoms with E-state index in [4.69, 9.17) is 23.2 Å². The summed E-state index contributed by atoms with van der Waals surface area (Å²) >= 11 is 12.0. The van der Waals surface area contributed by atoms with Crippen molar-refractivity contribution in [3.8, 4) is 0 Å². The number of halogens is 2. The summed E-state index contributed by atoms with van der Waals surface area (Å²) in [4.78, 5) is 4.14. The molecule has 1 aromatic carbocycles. The Bertz CT molecular complexity index is 556. The van der Waals surface area contributed by atoms with Crippen LogP contribution in [-0.2, 0) is 17.3 Å². The number of nitrogens with zero attached hydrogens (tertiary/aromatic N) is 1. The topological polar surface area (TPSA) is 53.5 Å². The molecule has 0 saturated heterocycles. The minimum atomic E-state index is -0.883. The number of benzene rings is 1. The van der Waals surface area contributed by atoms with Gasteiger partial charge in [0.2, 0.25) is 0 Å². The molecule has 0 spiro atoms. The van der Waals surface area contributed by atoms with Gasteiger partial charge in [-0.25, -0.2) is 0 Å². The lowest BCUT2D eigenvalue weighted by molar-refractivity contribution is 0.647. The number of hydrogen-bond acceptors (Lipinski definition) is 2. The van der Waals surface area contributed by atoms with Gasteiger partial charge in [-0.05, 0) is 38.5 Å². The van der Waals surface area contributed by atoms with Gasteiger partial charge >= 0.3 is 0 Å². The second kappa shape index (κ2) is 8.75. The van der Waals surface area contributed by atoms with Crippen LogP contribution < -0.4 is 10.6 Å². The molecule has 1 aromatic rings. The van der Waals surface area contributed by atoms with Gasteiger partial charge in [-0.3, -0.25) is 9.20 Å². The first-order chi connectivity index (χ1) is 10.2. The average molecular weight is 364 g/mol. The van der Waals surface area contributed by atoms with Crippen LogP contribution in [0.2, 0.25) is 10.0 Å². The van der Waals surface area contributed by atoms with Gasteiger partial charge in [-0.2, -0.15) is 0 Å². The molecular formula is C15H23Cl2N3OS. The molecule has 1 rings (SSSR count). The smallest absolute Gasteiger partial charge is 0.191 e. The SMILES string of the molecule is CN=C(NCCS(=O)C(C)(C)C)NCc1ccc(Cl)cc1Cl. The molecule has 0 saturated carbocycles. The van der Waals surface area contributed by atoms with Crippen molar-refractivity contribution in [1.82, 2.24) is 10.6 Å². The average Bonchev–Trinajstić information content (AvgIpc) is 2.42. The first-order valence-corrected chi connectivity index (χ1v) is 9.08. The summed E-state index contributed by atoms with van der Waals surface area (Å²) in [6, 6.07) is 5.38.